The lowest BCUT2D eigenvalue weighted by Gasteiger charge is -2.48. The summed E-state index contributed by atoms with van der Waals surface area (Å²) in [4.78, 5) is 61.8. The zero-order chi connectivity index (χ0) is 48.1. The van der Waals surface area contributed by atoms with Gasteiger partial charge in [-0.1, -0.05) is 48.6 Å². The average molecular weight is 950 g/mol. The van der Waals surface area contributed by atoms with E-state index in [1.165, 1.54) is 5.06 Å². The number of esters is 2. The Bertz CT molecular complexity index is 2210. The van der Waals surface area contributed by atoms with Crippen LogP contribution in [0.3, 0.4) is 0 Å². The number of nitrogens with zero attached hydrogens (tertiary/aromatic N) is 1. The number of rotatable bonds is 18. The summed E-state index contributed by atoms with van der Waals surface area (Å²) in [5, 5.41) is 57.4. The smallest absolute Gasteiger partial charge is 0.327 e. The Morgan fingerprint density at radius 1 is 0.941 bits per heavy atom. The van der Waals surface area contributed by atoms with Gasteiger partial charge in [0, 0.05) is 36.8 Å². The van der Waals surface area contributed by atoms with E-state index in [4.69, 9.17) is 33.3 Å². The van der Waals surface area contributed by atoms with Crippen molar-refractivity contribution < 1.29 is 78.0 Å². The van der Waals surface area contributed by atoms with Gasteiger partial charge < -0.3 is 64.6 Å². The number of carbonyl (C=O) groups excluding carboxylic acids is 4. The molecule has 3 aliphatic carbocycles. The number of fused-ring (bicyclic) bond motifs is 4. The molecular weight excluding hydrogens is 887 g/mol. The molecule has 0 unspecified atom stereocenters. The molecule has 2 amide bonds. The van der Waals surface area contributed by atoms with Gasteiger partial charge in [0.1, 0.15) is 59.8 Å². The number of ether oxygens (including phenoxy) is 6. The predicted octanol–water partition coefficient (Wildman–Crippen LogP) is 1.15. The van der Waals surface area contributed by atoms with Gasteiger partial charge in [0.25, 0.3) is 5.91 Å². The second kappa shape index (κ2) is 19.4. The Hall–Kier alpha value is -4.38. The SMILES string of the molecule is CC(C)(C)OC(=O)CC[C@@H](CO)NC(=O)c1cccc(CNC(=O)[C@@]23C[C@H]4OC(=O)[C@@H]2N(Cc2cccc(C=CCO[C@H]5O[C@H](CO)[C@H](O)[C@H](O)[C@H]5O)c2)O[C@@H]3[C@H]2OC(C3CC3)(C3CC3)O[C@H]24)c1. The Labute approximate surface area is 393 Å². The van der Waals surface area contributed by atoms with Crippen LogP contribution in [0.1, 0.15) is 92.8 Å². The van der Waals surface area contributed by atoms with Gasteiger partial charge in [0.2, 0.25) is 5.91 Å². The minimum atomic E-state index is -1.56. The number of amides is 2. The Kier molecular flexibility index (Phi) is 13.9. The summed E-state index contributed by atoms with van der Waals surface area (Å²) in [5.74, 6) is -2.36. The molecule has 4 aliphatic heterocycles. The third-order valence-electron chi connectivity index (χ3n) is 14.0. The fourth-order valence-electron chi connectivity index (χ4n) is 10.5. The van der Waals surface area contributed by atoms with Gasteiger partial charge in [-0.3, -0.25) is 24.0 Å². The number of hydroxylamine groups is 2. The lowest BCUT2D eigenvalue weighted by molar-refractivity contribution is -0.298. The van der Waals surface area contributed by atoms with E-state index in [0.717, 1.165) is 36.8 Å². The van der Waals surface area contributed by atoms with Crippen molar-refractivity contribution in [2.24, 2.45) is 17.3 Å². The van der Waals surface area contributed by atoms with Crippen molar-refractivity contribution in [3.63, 3.8) is 0 Å². The molecule has 0 radical (unpaired) electrons. The highest BCUT2D eigenvalue weighted by Crippen LogP contribution is 2.64. The Morgan fingerprint density at radius 2 is 1.66 bits per heavy atom. The van der Waals surface area contributed by atoms with Crippen LogP contribution in [0.5, 0.6) is 0 Å². The van der Waals surface area contributed by atoms with E-state index >= 15 is 4.79 Å². The van der Waals surface area contributed by atoms with E-state index in [9.17, 15) is 39.9 Å². The maximum Gasteiger partial charge on any atom is 0.327 e. The van der Waals surface area contributed by atoms with Crippen LogP contribution in [0.4, 0.5) is 0 Å². The van der Waals surface area contributed by atoms with Crippen LogP contribution in [0, 0.1) is 17.3 Å². The van der Waals surface area contributed by atoms with Gasteiger partial charge in [-0.05, 0) is 81.7 Å². The standard InChI is InChI=1S/C49H63N3O16/c1-47(2,3)65-35(55)17-16-32(24-53)51-43(59)29-11-5-8-27(20-29)22-50-46(61)48-21-33-39-40(67-49(66-39,30-12-13-30)31-14-15-31)42(48)68-52(41(48)44(60)63-33)23-28-9-4-7-26(19-28)10-6-18-62-45-38(58)37(57)36(56)34(25-54)64-45/h4-11,19-20,30-34,36-42,45,53-54,56-58H,12-18,21-25H2,1-3H3,(H,50,61)(H,51,59)/t32-,33+,34+,36-,37-,38+,39-,40-,41-,42+,45-,48-/m0/s1. The molecule has 4 saturated heterocycles. The van der Waals surface area contributed by atoms with Crippen LogP contribution in [-0.2, 0) is 60.7 Å². The van der Waals surface area contributed by atoms with Gasteiger partial charge >= 0.3 is 11.9 Å². The lowest BCUT2D eigenvalue weighted by atomic mass is 9.62. The van der Waals surface area contributed by atoms with Gasteiger partial charge in [-0.15, -0.1) is 0 Å². The Morgan fingerprint density at radius 3 is 2.37 bits per heavy atom. The number of hydrogen-bond acceptors (Lipinski definition) is 17. The first-order chi connectivity index (χ1) is 32.5. The summed E-state index contributed by atoms with van der Waals surface area (Å²) >= 11 is 0. The van der Waals surface area contributed by atoms with Crippen LogP contribution >= 0.6 is 0 Å². The number of hydrogen-bond donors (Lipinski definition) is 7. The first-order valence-corrected chi connectivity index (χ1v) is 23.7. The van der Waals surface area contributed by atoms with Crippen LogP contribution < -0.4 is 10.6 Å². The molecule has 2 aromatic rings. The minimum Gasteiger partial charge on any atom is -0.460 e. The number of nitrogens with one attached hydrogen (secondary N) is 2. The monoisotopic (exact) mass is 949 g/mol. The van der Waals surface area contributed by atoms with Crippen LogP contribution in [-0.4, -0.2) is 153 Å². The quantitative estimate of drug-likeness (QED) is 0.103. The fourth-order valence-corrected chi connectivity index (χ4v) is 10.5. The highest BCUT2D eigenvalue weighted by Gasteiger charge is 2.78. The zero-order valence-electron chi connectivity index (χ0n) is 38.4. The molecule has 19 heteroatoms. The summed E-state index contributed by atoms with van der Waals surface area (Å²) in [7, 11) is 0. The fraction of sp³-hybridized carbons (Fsp3) is 0.633. The predicted molar refractivity (Wildman–Crippen MR) is 236 cm³/mol. The van der Waals surface area contributed by atoms with Crippen molar-refractivity contribution in [3.05, 3.63) is 76.9 Å². The third-order valence-corrected chi connectivity index (χ3v) is 14.0. The molecule has 4 heterocycles. The van der Waals surface area contributed by atoms with E-state index in [0.29, 0.717) is 5.56 Å². The second-order valence-electron chi connectivity index (χ2n) is 20.2. The van der Waals surface area contributed by atoms with E-state index in [2.05, 4.69) is 10.6 Å². The maximum absolute atomic E-state index is 15.0. The van der Waals surface area contributed by atoms with Gasteiger partial charge in [0.05, 0.1) is 32.4 Å². The van der Waals surface area contributed by atoms with Gasteiger partial charge in [-0.25, -0.2) is 0 Å². The summed E-state index contributed by atoms with van der Waals surface area (Å²) in [6.07, 6.45) is -2.37. The number of aliphatic hydroxyl groups excluding tert-OH is 5. The van der Waals surface area contributed by atoms with Crippen LogP contribution in [0.25, 0.3) is 6.08 Å². The lowest BCUT2D eigenvalue weighted by Crippen LogP contribution is -2.69. The first-order valence-electron chi connectivity index (χ1n) is 23.7. The Balaban J connectivity index is 0.907. The molecule has 9 rings (SSSR count). The topological polar surface area (TPSA) is 261 Å². The number of aliphatic hydroxyl groups is 5. The molecule has 12 atom stereocenters. The molecular formula is C49H63N3O16. The minimum absolute atomic E-state index is 0.00803. The van der Waals surface area contributed by atoms with Crippen molar-refractivity contribution in [2.75, 3.05) is 19.8 Å². The highest BCUT2D eigenvalue weighted by atomic mass is 16.8. The summed E-state index contributed by atoms with van der Waals surface area (Å²) in [6.45, 7) is 4.40. The van der Waals surface area contributed by atoms with Crippen molar-refractivity contribution in [3.8, 4) is 0 Å². The second-order valence-corrected chi connectivity index (χ2v) is 20.2. The van der Waals surface area contributed by atoms with Crippen molar-refractivity contribution in [1.82, 2.24) is 15.7 Å². The molecule has 0 spiro atoms. The van der Waals surface area contributed by atoms with E-state index in [1.54, 1.807) is 57.2 Å². The van der Waals surface area contributed by atoms with Crippen molar-refractivity contribution in [1.29, 1.82) is 0 Å². The molecule has 0 aromatic heterocycles. The molecule has 68 heavy (non-hydrogen) atoms. The molecule has 2 bridgehead atoms. The van der Waals surface area contributed by atoms with E-state index < -0.39 is 114 Å². The largest absolute Gasteiger partial charge is 0.460 e. The van der Waals surface area contributed by atoms with Crippen LogP contribution in [0.15, 0.2) is 54.6 Å². The molecule has 7 fully saturated rings. The third kappa shape index (κ3) is 9.72. The zero-order valence-corrected chi connectivity index (χ0v) is 38.4. The normalized spacial score (nSPS) is 33.4. The summed E-state index contributed by atoms with van der Waals surface area (Å²) < 4.78 is 36.4. The summed E-state index contributed by atoms with van der Waals surface area (Å²) in [5.41, 5.74) is 0.297. The first kappa shape index (κ1) is 48.6. The molecule has 7 aliphatic rings. The molecule has 19 nitrogen and oxygen atoms in total. The summed E-state index contributed by atoms with van der Waals surface area (Å²) in [6, 6.07) is 12.3. The van der Waals surface area contributed by atoms with Crippen molar-refractivity contribution >= 4 is 29.8 Å². The molecule has 2 aromatic carbocycles. The van der Waals surface area contributed by atoms with E-state index in [-0.39, 0.29) is 63.0 Å². The number of carbonyl (C=O) groups is 4. The van der Waals surface area contributed by atoms with E-state index in [1.807, 2.05) is 24.3 Å². The molecule has 3 saturated carbocycles. The molecule has 370 valence electrons. The van der Waals surface area contributed by atoms with Crippen molar-refractivity contribution in [2.45, 2.75) is 157 Å². The number of benzene rings is 2. The highest BCUT2D eigenvalue weighted by molar-refractivity contribution is 5.95. The van der Waals surface area contributed by atoms with Gasteiger partial charge in [0.15, 0.2) is 18.1 Å². The maximum atomic E-state index is 15.0. The van der Waals surface area contributed by atoms with Gasteiger partial charge in [-0.2, -0.15) is 5.06 Å². The molecule has 7 N–H and O–H groups in total. The average Bonchev–Trinajstić information content (AvgIpc) is 4.26. The van der Waals surface area contributed by atoms with Crippen LogP contribution in [0.2, 0.25) is 0 Å².